The molecule has 3 aromatic rings. The molecule has 122 valence electrons. The third-order valence-electron chi connectivity index (χ3n) is 3.66. The Morgan fingerprint density at radius 3 is 2.75 bits per heavy atom. The zero-order valence-electron chi connectivity index (χ0n) is 13.0. The molecule has 0 fully saturated rings. The van der Waals surface area contributed by atoms with Gasteiger partial charge in [0.15, 0.2) is 0 Å². The molecule has 0 aliphatic carbocycles. The zero-order valence-corrected chi connectivity index (χ0v) is 13.0. The van der Waals surface area contributed by atoms with E-state index in [4.69, 9.17) is 4.74 Å². The Kier molecular flexibility index (Phi) is 3.87. The fourth-order valence-corrected chi connectivity index (χ4v) is 2.50. The van der Waals surface area contributed by atoms with Crippen molar-refractivity contribution >= 4 is 34.1 Å². The summed E-state index contributed by atoms with van der Waals surface area (Å²) in [6.45, 7) is 0. The first-order valence-electron chi connectivity index (χ1n) is 7.05. The van der Waals surface area contributed by atoms with Gasteiger partial charge in [0.2, 0.25) is 0 Å². The van der Waals surface area contributed by atoms with Crippen LogP contribution >= 0.6 is 0 Å². The van der Waals surface area contributed by atoms with Gasteiger partial charge in [-0.2, -0.15) is 0 Å². The van der Waals surface area contributed by atoms with Gasteiger partial charge in [0.25, 0.3) is 5.69 Å². The molecule has 0 unspecified atom stereocenters. The number of ether oxygens (including phenoxy) is 1. The van der Waals surface area contributed by atoms with Crippen LogP contribution in [0.25, 0.3) is 11.0 Å². The van der Waals surface area contributed by atoms with E-state index < -0.39 is 10.9 Å². The van der Waals surface area contributed by atoms with Crippen LogP contribution in [0.15, 0.2) is 42.7 Å². The summed E-state index contributed by atoms with van der Waals surface area (Å²) in [5, 5.41) is 14.3. The number of hydrogen-bond donors (Lipinski definition) is 1. The Morgan fingerprint density at radius 1 is 1.29 bits per heavy atom. The van der Waals surface area contributed by atoms with Crippen molar-refractivity contribution in [2.75, 3.05) is 12.4 Å². The lowest BCUT2D eigenvalue weighted by molar-refractivity contribution is -0.383. The first kappa shape index (κ1) is 15.5. The van der Waals surface area contributed by atoms with Crippen LogP contribution in [-0.2, 0) is 11.8 Å². The average molecular weight is 326 g/mol. The summed E-state index contributed by atoms with van der Waals surface area (Å²) in [5.41, 5.74) is 2.01. The second-order valence-corrected chi connectivity index (χ2v) is 5.10. The van der Waals surface area contributed by atoms with Crippen LogP contribution in [0.1, 0.15) is 10.4 Å². The lowest BCUT2D eigenvalue weighted by Crippen LogP contribution is -2.08. The van der Waals surface area contributed by atoms with E-state index in [1.165, 1.54) is 25.3 Å². The maximum atomic E-state index is 12.0. The van der Waals surface area contributed by atoms with E-state index in [0.717, 1.165) is 5.52 Å². The van der Waals surface area contributed by atoms with Gasteiger partial charge in [-0.25, -0.2) is 9.78 Å². The number of fused-ring (bicyclic) bond motifs is 1. The van der Waals surface area contributed by atoms with Crippen LogP contribution in [0.3, 0.4) is 0 Å². The van der Waals surface area contributed by atoms with Gasteiger partial charge in [0, 0.05) is 13.1 Å². The molecule has 2 aromatic carbocycles. The van der Waals surface area contributed by atoms with Crippen molar-refractivity contribution in [1.29, 1.82) is 0 Å². The molecule has 8 nitrogen and oxygen atoms in total. The number of rotatable bonds is 4. The summed E-state index contributed by atoms with van der Waals surface area (Å²) in [4.78, 5) is 27.0. The molecule has 3 rings (SSSR count). The summed E-state index contributed by atoms with van der Waals surface area (Å²) in [7, 11) is 3.08. The summed E-state index contributed by atoms with van der Waals surface area (Å²) < 4.78 is 6.55. The van der Waals surface area contributed by atoms with Crippen molar-refractivity contribution in [3.8, 4) is 0 Å². The number of carbonyl (C=O) groups is 1. The van der Waals surface area contributed by atoms with E-state index in [1.807, 2.05) is 17.7 Å². The molecule has 0 saturated carbocycles. The van der Waals surface area contributed by atoms with Crippen molar-refractivity contribution in [1.82, 2.24) is 9.55 Å². The second kappa shape index (κ2) is 5.99. The first-order chi connectivity index (χ1) is 11.5. The largest absolute Gasteiger partial charge is 0.465 e. The molecule has 0 atom stereocenters. The Bertz CT molecular complexity index is 948. The molecular weight excluding hydrogens is 312 g/mol. The first-order valence-corrected chi connectivity index (χ1v) is 7.05. The summed E-state index contributed by atoms with van der Waals surface area (Å²) in [6.07, 6.45) is 1.65. The van der Waals surface area contributed by atoms with Crippen LogP contribution in [-0.4, -0.2) is 27.6 Å². The van der Waals surface area contributed by atoms with Gasteiger partial charge in [-0.15, -0.1) is 0 Å². The predicted octanol–water partition coefficient (Wildman–Crippen LogP) is 3.01. The van der Waals surface area contributed by atoms with E-state index in [9.17, 15) is 14.9 Å². The van der Waals surface area contributed by atoms with Crippen LogP contribution in [0.5, 0.6) is 0 Å². The topological polar surface area (TPSA) is 99.3 Å². The molecule has 0 aliphatic rings. The normalized spacial score (nSPS) is 10.6. The number of nitrogens with one attached hydrogen (secondary N) is 1. The quantitative estimate of drug-likeness (QED) is 0.449. The maximum absolute atomic E-state index is 12.0. The second-order valence-electron chi connectivity index (χ2n) is 5.10. The van der Waals surface area contributed by atoms with Crippen molar-refractivity contribution < 1.29 is 14.5 Å². The van der Waals surface area contributed by atoms with Crippen molar-refractivity contribution in [2.24, 2.45) is 7.05 Å². The molecule has 0 aliphatic heterocycles. The molecule has 8 heteroatoms. The van der Waals surface area contributed by atoms with Crippen molar-refractivity contribution in [2.45, 2.75) is 0 Å². The van der Waals surface area contributed by atoms with Crippen LogP contribution in [0.2, 0.25) is 0 Å². The standard InChI is InChI=1S/C16H14N4O4/c1-19-9-17-15-11(6-4-7-12(15)19)18-14-10(16(21)24-2)5-3-8-13(14)20(22)23/h3-9,18H,1-2H3. The number of methoxy groups -OCH3 is 1. The minimum Gasteiger partial charge on any atom is -0.465 e. The minimum absolute atomic E-state index is 0.0764. The molecule has 1 heterocycles. The Hall–Kier alpha value is -3.42. The van der Waals surface area contributed by atoms with E-state index in [2.05, 4.69) is 10.3 Å². The number of carbonyl (C=O) groups excluding carboxylic acids is 1. The fraction of sp³-hybridized carbons (Fsp3) is 0.125. The molecule has 1 N–H and O–H groups in total. The highest BCUT2D eigenvalue weighted by Crippen LogP contribution is 2.33. The predicted molar refractivity (Wildman–Crippen MR) is 88.4 cm³/mol. The lowest BCUT2D eigenvalue weighted by Gasteiger charge is -2.11. The molecule has 1 aromatic heterocycles. The van der Waals surface area contributed by atoms with E-state index in [0.29, 0.717) is 11.2 Å². The average Bonchev–Trinajstić information content (AvgIpc) is 2.96. The SMILES string of the molecule is COC(=O)c1cccc([N+](=O)[O-])c1Nc1cccc2c1ncn2C. The fourth-order valence-electron chi connectivity index (χ4n) is 2.50. The third kappa shape index (κ3) is 2.54. The molecule has 0 bridgehead atoms. The smallest absolute Gasteiger partial charge is 0.340 e. The maximum Gasteiger partial charge on any atom is 0.340 e. The highest BCUT2D eigenvalue weighted by molar-refractivity contribution is 6.01. The van der Waals surface area contributed by atoms with Crippen LogP contribution in [0, 0.1) is 10.1 Å². The van der Waals surface area contributed by atoms with E-state index in [1.54, 1.807) is 18.5 Å². The number of nitro groups is 1. The number of hydrogen-bond acceptors (Lipinski definition) is 6. The Morgan fingerprint density at radius 2 is 2.04 bits per heavy atom. The molecule has 0 spiro atoms. The number of esters is 1. The highest BCUT2D eigenvalue weighted by atomic mass is 16.6. The molecule has 0 radical (unpaired) electrons. The van der Waals surface area contributed by atoms with Gasteiger partial charge >= 0.3 is 5.97 Å². The van der Waals surface area contributed by atoms with Gasteiger partial charge in [-0.3, -0.25) is 10.1 Å². The van der Waals surface area contributed by atoms with Crippen molar-refractivity contribution in [3.05, 3.63) is 58.4 Å². The summed E-state index contributed by atoms with van der Waals surface area (Å²) in [5.74, 6) is -0.658. The lowest BCUT2D eigenvalue weighted by atomic mass is 10.1. The third-order valence-corrected chi connectivity index (χ3v) is 3.66. The number of para-hydroxylation sites is 2. The van der Waals surface area contributed by atoms with Gasteiger partial charge in [0.1, 0.15) is 11.2 Å². The van der Waals surface area contributed by atoms with Crippen LogP contribution < -0.4 is 5.32 Å². The number of nitrogens with zero attached hydrogens (tertiary/aromatic N) is 3. The zero-order chi connectivity index (χ0) is 17.3. The molecule has 0 amide bonds. The van der Waals surface area contributed by atoms with E-state index >= 15 is 0 Å². The van der Waals surface area contributed by atoms with Gasteiger partial charge in [-0.1, -0.05) is 12.1 Å². The van der Waals surface area contributed by atoms with Gasteiger partial charge in [-0.05, 0) is 18.2 Å². The van der Waals surface area contributed by atoms with E-state index in [-0.39, 0.29) is 16.9 Å². The number of nitro benzene ring substituents is 1. The minimum atomic E-state index is -0.658. The molecule has 24 heavy (non-hydrogen) atoms. The molecule has 0 saturated heterocycles. The number of aromatic nitrogens is 2. The number of imidazole rings is 1. The number of aryl methyl sites for hydroxylation is 1. The van der Waals surface area contributed by atoms with Gasteiger partial charge < -0.3 is 14.6 Å². The Balaban J connectivity index is 2.17. The monoisotopic (exact) mass is 326 g/mol. The van der Waals surface area contributed by atoms with Crippen molar-refractivity contribution in [3.63, 3.8) is 0 Å². The number of anilines is 2. The molecular formula is C16H14N4O4. The summed E-state index contributed by atoms with van der Waals surface area (Å²) in [6, 6.07) is 9.67. The number of benzene rings is 2. The van der Waals surface area contributed by atoms with Gasteiger partial charge in [0.05, 0.1) is 35.1 Å². The van der Waals surface area contributed by atoms with Crippen LogP contribution in [0.4, 0.5) is 17.1 Å². The summed E-state index contributed by atoms with van der Waals surface area (Å²) >= 11 is 0. The Labute approximate surface area is 136 Å². The highest BCUT2D eigenvalue weighted by Gasteiger charge is 2.23.